The van der Waals surface area contributed by atoms with Gasteiger partial charge in [0.05, 0.1) is 23.5 Å². The van der Waals surface area contributed by atoms with E-state index in [2.05, 4.69) is 5.32 Å². The molecular weight excluding hydrogens is 418 g/mol. The number of aliphatic imine (C=N–C) groups is 1. The molecule has 2 heterocycles. The Hall–Kier alpha value is -3.25. The highest BCUT2D eigenvalue weighted by Crippen LogP contribution is 2.36. The predicted molar refractivity (Wildman–Crippen MR) is 131 cm³/mol. The minimum absolute atomic E-state index is 0.0271. The number of carbonyl (C=O) groups excluding carboxylic acids is 2. The van der Waals surface area contributed by atoms with Gasteiger partial charge in [0.25, 0.3) is 0 Å². The molecule has 0 saturated carbocycles. The third kappa shape index (κ3) is 4.97. The second-order valence-corrected chi connectivity index (χ2v) is 9.22. The van der Waals surface area contributed by atoms with Gasteiger partial charge in [0.1, 0.15) is 6.54 Å². The van der Waals surface area contributed by atoms with Crippen LogP contribution in [0, 0.1) is 13.8 Å². The standard InChI is InChI=1S/C26H27N3O2S/c1-17-12-21-23(13-18(17)2)29(26(31)15-22(28-21)24-10-7-11-32-24)16-25(30)27-19(3)14-20-8-5-4-6-9-20/h4-13,19H,14-16H2,1-3H3,(H,27,30). The third-order valence-corrected chi connectivity index (χ3v) is 6.58. The van der Waals surface area contributed by atoms with E-state index in [0.29, 0.717) is 5.69 Å². The maximum atomic E-state index is 13.3. The van der Waals surface area contributed by atoms with Gasteiger partial charge in [0, 0.05) is 10.9 Å². The molecule has 2 aromatic carbocycles. The molecule has 5 nitrogen and oxygen atoms in total. The number of fused-ring (bicyclic) bond motifs is 1. The van der Waals surface area contributed by atoms with E-state index >= 15 is 0 Å². The SMILES string of the molecule is Cc1cc2c(cc1C)N(CC(=O)NC(C)Cc1ccccc1)C(=O)CC(c1cccs1)=N2. The van der Waals surface area contributed by atoms with Gasteiger partial charge in [0.2, 0.25) is 11.8 Å². The van der Waals surface area contributed by atoms with Crippen LogP contribution in [0.5, 0.6) is 0 Å². The van der Waals surface area contributed by atoms with Crippen LogP contribution in [-0.2, 0) is 16.0 Å². The number of amides is 2. The lowest BCUT2D eigenvalue weighted by Crippen LogP contribution is -2.44. The average molecular weight is 446 g/mol. The van der Waals surface area contributed by atoms with E-state index in [1.165, 1.54) is 0 Å². The molecule has 1 N–H and O–H groups in total. The molecule has 32 heavy (non-hydrogen) atoms. The molecule has 0 saturated heterocycles. The summed E-state index contributed by atoms with van der Waals surface area (Å²) in [6, 6.07) is 17.9. The van der Waals surface area contributed by atoms with Crippen LogP contribution < -0.4 is 10.2 Å². The van der Waals surface area contributed by atoms with Crippen LogP contribution in [0.15, 0.2) is 65.0 Å². The molecule has 1 atom stereocenters. The number of nitrogens with one attached hydrogen (secondary N) is 1. The number of hydrogen-bond acceptors (Lipinski definition) is 4. The minimum atomic E-state index is -0.175. The van der Waals surface area contributed by atoms with Crippen molar-refractivity contribution in [3.8, 4) is 0 Å². The Bertz CT molecular complexity index is 1150. The summed E-state index contributed by atoms with van der Waals surface area (Å²) in [5.41, 5.74) is 5.50. The Balaban J connectivity index is 1.56. The highest BCUT2D eigenvalue weighted by atomic mass is 32.1. The Morgan fingerprint density at radius 1 is 1.12 bits per heavy atom. The predicted octanol–water partition coefficient (Wildman–Crippen LogP) is 4.97. The first-order valence-electron chi connectivity index (χ1n) is 10.8. The van der Waals surface area contributed by atoms with Crippen molar-refractivity contribution in [3.63, 3.8) is 0 Å². The number of nitrogens with zero attached hydrogens (tertiary/aromatic N) is 2. The molecule has 6 heteroatoms. The molecule has 1 unspecified atom stereocenters. The fourth-order valence-corrected chi connectivity index (χ4v) is 4.61. The van der Waals surface area contributed by atoms with Crippen molar-refractivity contribution in [1.29, 1.82) is 0 Å². The first-order valence-corrected chi connectivity index (χ1v) is 11.6. The van der Waals surface area contributed by atoms with Crippen molar-refractivity contribution in [3.05, 3.63) is 81.5 Å². The fraction of sp³-hybridized carbons (Fsp3) is 0.269. The lowest BCUT2D eigenvalue weighted by molar-refractivity contribution is -0.123. The molecule has 0 fully saturated rings. The first-order chi connectivity index (χ1) is 15.4. The van der Waals surface area contributed by atoms with Crippen molar-refractivity contribution in [2.45, 2.75) is 39.7 Å². The quantitative estimate of drug-likeness (QED) is 0.582. The van der Waals surface area contributed by atoms with E-state index in [4.69, 9.17) is 4.99 Å². The van der Waals surface area contributed by atoms with E-state index in [0.717, 1.165) is 39.4 Å². The Morgan fingerprint density at radius 2 is 1.88 bits per heavy atom. The molecule has 4 rings (SSSR count). The zero-order valence-electron chi connectivity index (χ0n) is 18.6. The summed E-state index contributed by atoms with van der Waals surface area (Å²) in [4.78, 5) is 33.6. The van der Waals surface area contributed by atoms with Gasteiger partial charge < -0.3 is 10.2 Å². The fourth-order valence-electron chi connectivity index (χ4n) is 3.89. The normalized spacial score (nSPS) is 14.4. The lowest BCUT2D eigenvalue weighted by atomic mass is 10.1. The smallest absolute Gasteiger partial charge is 0.240 e. The van der Waals surface area contributed by atoms with E-state index in [-0.39, 0.29) is 30.8 Å². The van der Waals surface area contributed by atoms with Crippen molar-refractivity contribution < 1.29 is 9.59 Å². The van der Waals surface area contributed by atoms with Gasteiger partial charge >= 0.3 is 0 Å². The van der Waals surface area contributed by atoms with Crippen LogP contribution in [0.1, 0.15) is 34.9 Å². The molecule has 1 aromatic heterocycles. The number of anilines is 1. The molecular formula is C26H27N3O2S. The molecule has 2 amide bonds. The Labute approximate surface area is 192 Å². The number of rotatable bonds is 6. The van der Waals surface area contributed by atoms with E-state index in [1.807, 2.05) is 80.7 Å². The monoisotopic (exact) mass is 445 g/mol. The third-order valence-electron chi connectivity index (χ3n) is 5.66. The molecule has 1 aliphatic heterocycles. The zero-order chi connectivity index (χ0) is 22.7. The number of thiophene rings is 1. The van der Waals surface area contributed by atoms with Crippen LogP contribution in [0.4, 0.5) is 11.4 Å². The van der Waals surface area contributed by atoms with Crippen LogP contribution in [0.3, 0.4) is 0 Å². The van der Waals surface area contributed by atoms with Crippen LogP contribution in [0.25, 0.3) is 0 Å². The Kier molecular flexibility index (Phi) is 6.51. The molecule has 0 aliphatic carbocycles. The molecule has 0 spiro atoms. The summed E-state index contributed by atoms with van der Waals surface area (Å²) in [6.07, 6.45) is 0.904. The number of benzene rings is 2. The summed E-state index contributed by atoms with van der Waals surface area (Å²) >= 11 is 1.57. The summed E-state index contributed by atoms with van der Waals surface area (Å²) in [5, 5.41) is 5.02. The summed E-state index contributed by atoms with van der Waals surface area (Å²) < 4.78 is 0. The maximum absolute atomic E-state index is 13.3. The van der Waals surface area contributed by atoms with Gasteiger partial charge in [-0.1, -0.05) is 36.4 Å². The molecule has 164 valence electrons. The lowest BCUT2D eigenvalue weighted by Gasteiger charge is -2.24. The molecule has 0 radical (unpaired) electrons. The number of carbonyl (C=O) groups is 2. The van der Waals surface area contributed by atoms with Gasteiger partial charge in [-0.15, -0.1) is 11.3 Å². The van der Waals surface area contributed by atoms with Crippen molar-refractivity contribution in [2.24, 2.45) is 4.99 Å². The second-order valence-electron chi connectivity index (χ2n) is 8.28. The Morgan fingerprint density at radius 3 is 2.59 bits per heavy atom. The molecule has 0 bridgehead atoms. The van der Waals surface area contributed by atoms with E-state index in [9.17, 15) is 9.59 Å². The van der Waals surface area contributed by atoms with Crippen molar-refractivity contribution >= 4 is 40.2 Å². The van der Waals surface area contributed by atoms with Crippen molar-refractivity contribution in [1.82, 2.24) is 5.32 Å². The van der Waals surface area contributed by atoms with Gasteiger partial charge in [-0.2, -0.15) is 0 Å². The number of aryl methyl sites for hydroxylation is 2. The van der Waals surface area contributed by atoms with E-state index in [1.54, 1.807) is 16.2 Å². The average Bonchev–Trinajstić information content (AvgIpc) is 3.25. The summed E-state index contributed by atoms with van der Waals surface area (Å²) in [5.74, 6) is -0.296. The first kappa shape index (κ1) is 22.0. The highest BCUT2D eigenvalue weighted by molar-refractivity contribution is 7.12. The molecule has 3 aromatic rings. The minimum Gasteiger partial charge on any atom is -0.352 e. The second kappa shape index (κ2) is 9.49. The zero-order valence-corrected chi connectivity index (χ0v) is 19.4. The van der Waals surface area contributed by atoms with Crippen LogP contribution >= 0.6 is 11.3 Å². The maximum Gasteiger partial charge on any atom is 0.240 e. The largest absolute Gasteiger partial charge is 0.352 e. The summed E-state index contributed by atoms with van der Waals surface area (Å²) in [7, 11) is 0. The van der Waals surface area contributed by atoms with Crippen LogP contribution in [-0.4, -0.2) is 30.1 Å². The topological polar surface area (TPSA) is 61.8 Å². The molecule has 1 aliphatic rings. The number of hydrogen-bond donors (Lipinski definition) is 1. The van der Waals surface area contributed by atoms with Crippen LogP contribution in [0.2, 0.25) is 0 Å². The van der Waals surface area contributed by atoms with Crippen molar-refractivity contribution in [2.75, 3.05) is 11.4 Å². The van der Waals surface area contributed by atoms with E-state index < -0.39 is 0 Å². The van der Waals surface area contributed by atoms with Gasteiger partial charge in [-0.05, 0) is 67.5 Å². The highest BCUT2D eigenvalue weighted by Gasteiger charge is 2.28. The summed E-state index contributed by atoms with van der Waals surface area (Å²) in [6.45, 7) is 6.00. The van der Waals surface area contributed by atoms with Gasteiger partial charge in [-0.3, -0.25) is 9.59 Å². The van der Waals surface area contributed by atoms with Gasteiger partial charge in [-0.25, -0.2) is 4.99 Å². The van der Waals surface area contributed by atoms with Gasteiger partial charge in [0.15, 0.2) is 0 Å².